The average Bonchev–Trinajstić information content (AvgIpc) is 2.80. The SMILES string of the molecule is COc1cc(C(=O)NC(C)S(=O)(=O)c2ccccc2)ccc1NC(=O)Nc1cnccn1. The maximum absolute atomic E-state index is 12.6. The highest BCUT2D eigenvalue weighted by Gasteiger charge is 2.25. The number of anilines is 2. The fraction of sp³-hybridized carbons (Fsp3) is 0.143. The van der Waals surface area contributed by atoms with Gasteiger partial charge in [-0.1, -0.05) is 18.2 Å². The van der Waals surface area contributed by atoms with Gasteiger partial charge in [-0.05, 0) is 37.3 Å². The summed E-state index contributed by atoms with van der Waals surface area (Å²) in [6.07, 6.45) is 4.29. The third kappa shape index (κ3) is 5.38. The van der Waals surface area contributed by atoms with Crippen LogP contribution in [0.25, 0.3) is 0 Å². The van der Waals surface area contributed by atoms with Gasteiger partial charge in [0.15, 0.2) is 15.7 Å². The molecule has 0 saturated carbocycles. The summed E-state index contributed by atoms with van der Waals surface area (Å²) in [5.74, 6) is -0.134. The largest absolute Gasteiger partial charge is 0.495 e. The minimum absolute atomic E-state index is 0.110. The van der Waals surface area contributed by atoms with Crippen molar-refractivity contribution < 1.29 is 22.7 Å². The maximum Gasteiger partial charge on any atom is 0.324 e. The van der Waals surface area contributed by atoms with E-state index in [1.807, 2.05) is 0 Å². The van der Waals surface area contributed by atoms with Crippen LogP contribution in [0.3, 0.4) is 0 Å². The number of nitrogens with one attached hydrogen (secondary N) is 3. The van der Waals surface area contributed by atoms with E-state index in [0.717, 1.165) is 0 Å². The molecule has 3 aromatic rings. The first-order chi connectivity index (χ1) is 15.3. The molecule has 2 aromatic carbocycles. The number of urea groups is 1. The lowest BCUT2D eigenvalue weighted by Crippen LogP contribution is -2.38. The summed E-state index contributed by atoms with van der Waals surface area (Å²) in [6, 6.07) is 11.6. The van der Waals surface area contributed by atoms with E-state index in [1.165, 1.54) is 63.0 Å². The third-order valence-electron chi connectivity index (χ3n) is 4.39. The van der Waals surface area contributed by atoms with Crippen molar-refractivity contribution in [1.82, 2.24) is 15.3 Å². The summed E-state index contributed by atoms with van der Waals surface area (Å²) >= 11 is 0. The molecule has 1 aromatic heterocycles. The summed E-state index contributed by atoms with van der Waals surface area (Å²) in [6.45, 7) is 1.39. The van der Waals surface area contributed by atoms with E-state index < -0.39 is 27.1 Å². The Morgan fingerprint density at radius 2 is 1.78 bits per heavy atom. The van der Waals surface area contributed by atoms with Gasteiger partial charge < -0.3 is 15.4 Å². The second kappa shape index (κ2) is 9.88. The molecule has 0 fully saturated rings. The van der Waals surface area contributed by atoms with E-state index in [4.69, 9.17) is 4.74 Å². The van der Waals surface area contributed by atoms with Crippen LogP contribution in [0.15, 0.2) is 72.0 Å². The number of rotatable bonds is 7. The quantitative estimate of drug-likeness (QED) is 0.498. The van der Waals surface area contributed by atoms with Crippen LogP contribution in [-0.2, 0) is 9.84 Å². The Balaban J connectivity index is 1.70. The normalized spacial score (nSPS) is 11.8. The minimum atomic E-state index is -3.75. The monoisotopic (exact) mass is 455 g/mol. The Hall–Kier alpha value is -3.99. The molecule has 11 heteroatoms. The minimum Gasteiger partial charge on any atom is -0.495 e. The molecular formula is C21H21N5O5S. The lowest BCUT2D eigenvalue weighted by atomic mass is 10.1. The smallest absolute Gasteiger partial charge is 0.324 e. The lowest BCUT2D eigenvalue weighted by molar-refractivity contribution is 0.0950. The van der Waals surface area contributed by atoms with E-state index in [2.05, 4.69) is 25.9 Å². The number of benzene rings is 2. The fourth-order valence-electron chi connectivity index (χ4n) is 2.73. The van der Waals surface area contributed by atoms with Crippen LogP contribution < -0.4 is 20.7 Å². The molecule has 0 aliphatic rings. The van der Waals surface area contributed by atoms with Crippen molar-refractivity contribution in [2.45, 2.75) is 17.2 Å². The van der Waals surface area contributed by atoms with Crippen LogP contribution in [0.1, 0.15) is 17.3 Å². The van der Waals surface area contributed by atoms with Gasteiger partial charge in [-0.2, -0.15) is 0 Å². The van der Waals surface area contributed by atoms with E-state index in [0.29, 0.717) is 5.69 Å². The Kier molecular flexibility index (Phi) is 7.00. The zero-order valence-electron chi connectivity index (χ0n) is 17.3. The number of nitrogens with zero attached hydrogens (tertiary/aromatic N) is 2. The molecule has 3 N–H and O–H groups in total. The van der Waals surface area contributed by atoms with Crippen molar-refractivity contribution in [2.75, 3.05) is 17.7 Å². The van der Waals surface area contributed by atoms with Gasteiger partial charge in [0.2, 0.25) is 0 Å². The zero-order chi connectivity index (χ0) is 23.1. The van der Waals surface area contributed by atoms with Gasteiger partial charge >= 0.3 is 6.03 Å². The van der Waals surface area contributed by atoms with Crippen molar-refractivity contribution in [3.8, 4) is 5.75 Å². The molecule has 0 aliphatic carbocycles. The van der Waals surface area contributed by atoms with E-state index >= 15 is 0 Å². The summed E-state index contributed by atoms with van der Waals surface area (Å²) in [7, 11) is -2.37. The van der Waals surface area contributed by atoms with Crippen molar-refractivity contribution in [2.24, 2.45) is 0 Å². The molecule has 1 unspecified atom stereocenters. The lowest BCUT2D eigenvalue weighted by Gasteiger charge is -2.16. The van der Waals surface area contributed by atoms with Crippen LogP contribution in [0.5, 0.6) is 5.75 Å². The third-order valence-corrected chi connectivity index (χ3v) is 6.37. The highest BCUT2D eigenvalue weighted by atomic mass is 32.2. The predicted octanol–water partition coefficient (Wildman–Crippen LogP) is 2.68. The van der Waals surface area contributed by atoms with E-state index in [9.17, 15) is 18.0 Å². The molecular weight excluding hydrogens is 434 g/mol. The molecule has 0 radical (unpaired) electrons. The molecule has 0 bridgehead atoms. The molecule has 1 heterocycles. The Morgan fingerprint density at radius 3 is 2.44 bits per heavy atom. The van der Waals surface area contributed by atoms with Gasteiger partial charge in [-0.15, -0.1) is 0 Å². The van der Waals surface area contributed by atoms with Crippen LogP contribution in [0, 0.1) is 0 Å². The summed E-state index contributed by atoms with van der Waals surface area (Å²) < 4.78 is 30.5. The van der Waals surface area contributed by atoms with Gasteiger partial charge in [-0.25, -0.2) is 18.2 Å². The highest BCUT2D eigenvalue weighted by molar-refractivity contribution is 7.92. The van der Waals surface area contributed by atoms with Crippen LogP contribution in [0.4, 0.5) is 16.3 Å². The molecule has 3 amide bonds. The standard InChI is InChI=1S/C21H21N5O5S/c1-14(32(29,30)16-6-4-3-5-7-16)24-20(27)15-8-9-17(18(12-15)31-2)25-21(28)26-19-13-22-10-11-23-19/h3-14H,1-2H3,(H,24,27)(H2,23,25,26,28). The van der Waals surface area contributed by atoms with Gasteiger partial charge in [-0.3, -0.25) is 15.1 Å². The Morgan fingerprint density at radius 1 is 1.03 bits per heavy atom. The zero-order valence-corrected chi connectivity index (χ0v) is 18.1. The first-order valence-corrected chi connectivity index (χ1v) is 11.0. The second-order valence-corrected chi connectivity index (χ2v) is 8.83. The summed E-state index contributed by atoms with van der Waals surface area (Å²) in [4.78, 5) is 32.7. The number of methoxy groups -OCH3 is 1. The maximum atomic E-state index is 12.6. The molecule has 32 heavy (non-hydrogen) atoms. The molecule has 166 valence electrons. The van der Waals surface area contributed by atoms with E-state index in [-0.39, 0.29) is 22.0 Å². The number of carbonyl (C=O) groups excluding carboxylic acids is 2. The molecule has 0 aliphatic heterocycles. The molecule has 1 atom stereocenters. The number of ether oxygens (including phenoxy) is 1. The average molecular weight is 455 g/mol. The van der Waals surface area contributed by atoms with Crippen LogP contribution in [0.2, 0.25) is 0 Å². The van der Waals surface area contributed by atoms with Gasteiger partial charge in [0, 0.05) is 18.0 Å². The second-order valence-electron chi connectivity index (χ2n) is 6.56. The highest BCUT2D eigenvalue weighted by Crippen LogP contribution is 2.26. The Labute approximate surface area is 185 Å². The van der Waals surface area contributed by atoms with Crippen molar-refractivity contribution >= 4 is 33.3 Å². The number of hydrogen-bond acceptors (Lipinski definition) is 7. The molecule has 0 saturated heterocycles. The Bertz CT molecular complexity index is 1200. The number of carbonyl (C=O) groups is 2. The number of hydrogen-bond donors (Lipinski definition) is 3. The van der Waals surface area contributed by atoms with Gasteiger partial charge in [0.1, 0.15) is 11.1 Å². The van der Waals surface area contributed by atoms with Gasteiger partial charge in [0.25, 0.3) is 5.91 Å². The topological polar surface area (TPSA) is 139 Å². The molecule has 3 rings (SSSR count). The molecule has 10 nitrogen and oxygen atoms in total. The van der Waals surface area contributed by atoms with Crippen molar-refractivity contribution in [3.63, 3.8) is 0 Å². The summed E-state index contributed by atoms with van der Waals surface area (Å²) in [5.41, 5.74) is 0.465. The van der Waals surface area contributed by atoms with Crippen molar-refractivity contribution in [3.05, 3.63) is 72.7 Å². The first-order valence-electron chi connectivity index (χ1n) is 9.43. The number of aromatic nitrogens is 2. The number of amides is 3. The van der Waals surface area contributed by atoms with E-state index in [1.54, 1.807) is 18.2 Å². The fourth-order valence-corrected chi connectivity index (χ4v) is 3.94. The van der Waals surface area contributed by atoms with Crippen molar-refractivity contribution in [1.29, 1.82) is 0 Å². The first kappa shape index (κ1) is 22.7. The summed E-state index contributed by atoms with van der Waals surface area (Å²) in [5, 5.41) is 6.43. The van der Waals surface area contributed by atoms with Gasteiger partial charge in [0.05, 0.1) is 23.9 Å². The van der Waals surface area contributed by atoms with Crippen LogP contribution in [-0.4, -0.2) is 42.8 Å². The number of sulfone groups is 1. The molecule has 0 spiro atoms. The predicted molar refractivity (Wildman–Crippen MR) is 118 cm³/mol. The van der Waals surface area contributed by atoms with Crippen LogP contribution >= 0.6 is 0 Å².